The molecular formula is C32H41N5O8S. The van der Waals surface area contributed by atoms with Gasteiger partial charge in [-0.25, -0.2) is 13.4 Å². The van der Waals surface area contributed by atoms with Crippen LogP contribution in [0.25, 0.3) is 10.8 Å². The quantitative estimate of drug-likeness (QED) is 0.257. The molecule has 3 fully saturated rings. The minimum absolute atomic E-state index is 0.0200. The number of nitrogens with one attached hydrogen (secondary N) is 3. The lowest BCUT2D eigenvalue weighted by Crippen LogP contribution is -2.57. The first-order valence-corrected chi connectivity index (χ1v) is 17.2. The van der Waals surface area contributed by atoms with Gasteiger partial charge in [0.2, 0.25) is 33.6 Å². The molecule has 2 aliphatic carbocycles. The number of benzene rings is 1. The molecule has 0 radical (unpaired) electrons. The fraction of sp³-hybridized carbons (Fsp3) is 0.531. The van der Waals surface area contributed by atoms with Gasteiger partial charge in [-0.3, -0.25) is 23.9 Å². The molecule has 248 valence electrons. The van der Waals surface area contributed by atoms with Crippen molar-refractivity contribution in [3.63, 3.8) is 0 Å². The Labute approximate surface area is 268 Å². The molecule has 1 saturated heterocycles. The van der Waals surface area contributed by atoms with Gasteiger partial charge in [0.15, 0.2) is 0 Å². The molecule has 1 aromatic carbocycles. The lowest BCUT2D eigenvalue weighted by atomic mass is 10.0. The summed E-state index contributed by atoms with van der Waals surface area (Å²) in [6.07, 6.45) is 4.87. The van der Waals surface area contributed by atoms with Crippen LogP contribution in [0.1, 0.15) is 52.4 Å². The third kappa shape index (κ3) is 6.81. The van der Waals surface area contributed by atoms with E-state index in [-0.39, 0.29) is 37.8 Å². The molecule has 2 heterocycles. The van der Waals surface area contributed by atoms with Gasteiger partial charge in [-0.05, 0) is 61.8 Å². The number of sulfonamides is 1. The number of aromatic nitrogens is 1. The molecule has 3 aliphatic rings. The number of ether oxygens (including phenoxy) is 2. The number of carbonyl (C=O) groups is 4. The molecule has 1 aromatic heterocycles. The number of rotatable bonds is 14. The van der Waals surface area contributed by atoms with Gasteiger partial charge in [-0.1, -0.05) is 19.9 Å². The summed E-state index contributed by atoms with van der Waals surface area (Å²) in [5.41, 5.74) is -1.51. The maximum absolute atomic E-state index is 13.9. The molecule has 5 rings (SSSR count). The molecule has 1 aliphatic heterocycles. The van der Waals surface area contributed by atoms with E-state index in [2.05, 4.69) is 26.9 Å². The summed E-state index contributed by atoms with van der Waals surface area (Å²) in [5, 5.41) is 6.36. The van der Waals surface area contributed by atoms with Crippen LogP contribution < -0.4 is 24.8 Å². The monoisotopic (exact) mass is 655 g/mol. The first-order chi connectivity index (χ1) is 22.0. The topological polar surface area (TPSA) is 173 Å². The highest BCUT2D eigenvalue weighted by Crippen LogP contribution is 2.45. The molecule has 4 atom stereocenters. The Hall–Kier alpha value is -4.20. The van der Waals surface area contributed by atoms with Crippen LogP contribution in [0.15, 0.2) is 43.1 Å². The van der Waals surface area contributed by atoms with Gasteiger partial charge in [0, 0.05) is 29.8 Å². The SMILES string of the molecule is C=C[C@@H]1C[C@]1(NC(=O)[C@@H]1C[C@@H](Oc2nccc3cc(OC)ccc23)CN1C(=O)CNC(=O)C(CC)CC)C(=O)NS(=O)(=O)C1CC1. The Morgan fingerprint density at radius 2 is 1.91 bits per heavy atom. The Bertz CT molecular complexity index is 1640. The third-order valence-electron chi connectivity index (χ3n) is 9.12. The van der Waals surface area contributed by atoms with Crippen molar-refractivity contribution in [1.82, 2.24) is 25.2 Å². The fourth-order valence-electron chi connectivity index (χ4n) is 6.00. The zero-order valence-corrected chi connectivity index (χ0v) is 27.1. The van der Waals surface area contributed by atoms with Crippen molar-refractivity contribution in [3.8, 4) is 11.6 Å². The Balaban J connectivity index is 1.36. The molecule has 14 heteroatoms. The van der Waals surface area contributed by atoms with Crippen LogP contribution in [0.4, 0.5) is 0 Å². The predicted octanol–water partition coefficient (Wildman–Crippen LogP) is 1.81. The number of amides is 4. The Morgan fingerprint density at radius 3 is 2.54 bits per heavy atom. The van der Waals surface area contributed by atoms with Gasteiger partial charge >= 0.3 is 0 Å². The van der Waals surface area contributed by atoms with Crippen molar-refractivity contribution < 1.29 is 37.1 Å². The van der Waals surface area contributed by atoms with E-state index < -0.39 is 56.6 Å². The zero-order valence-electron chi connectivity index (χ0n) is 26.3. The second kappa shape index (κ2) is 13.3. The van der Waals surface area contributed by atoms with E-state index >= 15 is 0 Å². The summed E-state index contributed by atoms with van der Waals surface area (Å²) in [6.45, 7) is 7.22. The van der Waals surface area contributed by atoms with Gasteiger partial charge in [-0.15, -0.1) is 6.58 Å². The first kappa shape index (κ1) is 33.2. The van der Waals surface area contributed by atoms with E-state index in [0.29, 0.717) is 42.7 Å². The van der Waals surface area contributed by atoms with Crippen molar-refractivity contribution in [1.29, 1.82) is 0 Å². The van der Waals surface area contributed by atoms with Crippen LogP contribution in [0.5, 0.6) is 11.6 Å². The molecule has 4 amide bonds. The molecule has 2 saturated carbocycles. The number of carbonyl (C=O) groups excluding carboxylic acids is 4. The first-order valence-electron chi connectivity index (χ1n) is 15.6. The summed E-state index contributed by atoms with van der Waals surface area (Å²) >= 11 is 0. The van der Waals surface area contributed by atoms with E-state index in [1.54, 1.807) is 19.4 Å². The van der Waals surface area contributed by atoms with Crippen LogP contribution >= 0.6 is 0 Å². The zero-order chi connectivity index (χ0) is 33.2. The van der Waals surface area contributed by atoms with Crippen LogP contribution in [-0.4, -0.2) is 85.1 Å². The van der Waals surface area contributed by atoms with E-state index in [1.807, 2.05) is 32.0 Å². The van der Waals surface area contributed by atoms with E-state index in [9.17, 15) is 27.6 Å². The largest absolute Gasteiger partial charge is 0.497 e. The van der Waals surface area contributed by atoms with Crippen molar-refractivity contribution in [3.05, 3.63) is 43.1 Å². The number of hydrogen-bond acceptors (Lipinski definition) is 9. The molecule has 3 N–H and O–H groups in total. The number of fused-ring (bicyclic) bond motifs is 1. The standard InChI is InChI=1S/C32H41N5O8S/c1-5-19(6-2)28(39)34-17-27(38)37-18-23(45-30-25-11-8-22(44-4)14-20(25)12-13-33-30)15-26(37)29(40)35-32(16-21(32)7-3)31(41)36-46(42,43)24-9-10-24/h7-8,11-14,19,21,23-24,26H,3,5-6,9-10,15-18H2,1-2,4H3,(H,34,39)(H,35,40)(H,36,41)/t21-,23-,26+,32-/m1/s1. The maximum atomic E-state index is 13.9. The second-order valence-electron chi connectivity index (χ2n) is 12.2. The number of likely N-dealkylation sites (tertiary alicyclic amines) is 1. The number of methoxy groups -OCH3 is 1. The summed E-state index contributed by atoms with van der Waals surface area (Å²) in [4.78, 5) is 59.0. The van der Waals surface area contributed by atoms with Crippen LogP contribution in [0.2, 0.25) is 0 Å². The normalized spacial score (nSPS) is 23.9. The van der Waals surface area contributed by atoms with Gasteiger partial charge in [0.25, 0.3) is 5.91 Å². The molecule has 0 unspecified atom stereocenters. The maximum Gasteiger partial charge on any atom is 0.259 e. The summed E-state index contributed by atoms with van der Waals surface area (Å²) in [5.74, 6) is -1.95. The summed E-state index contributed by atoms with van der Waals surface area (Å²) < 4.78 is 38.8. The van der Waals surface area contributed by atoms with Gasteiger partial charge in [0.05, 0.1) is 25.4 Å². The van der Waals surface area contributed by atoms with Gasteiger partial charge in [0.1, 0.15) is 23.4 Å². The van der Waals surface area contributed by atoms with Crippen LogP contribution in [0, 0.1) is 11.8 Å². The molecule has 0 spiro atoms. The smallest absolute Gasteiger partial charge is 0.259 e. The minimum Gasteiger partial charge on any atom is -0.497 e. The van der Waals surface area contributed by atoms with Gasteiger partial charge < -0.3 is 25.0 Å². The van der Waals surface area contributed by atoms with E-state index in [1.165, 1.54) is 11.0 Å². The fourth-order valence-corrected chi connectivity index (χ4v) is 7.37. The average molecular weight is 656 g/mol. The van der Waals surface area contributed by atoms with Crippen LogP contribution in [0.3, 0.4) is 0 Å². The van der Waals surface area contributed by atoms with E-state index in [0.717, 1.165) is 5.39 Å². The minimum atomic E-state index is -3.86. The number of hydrogen-bond donors (Lipinski definition) is 3. The molecule has 0 bridgehead atoms. The van der Waals surface area contributed by atoms with Crippen molar-refractivity contribution in [2.45, 2.75) is 75.3 Å². The molecular weight excluding hydrogens is 614 g/mol. The Morgan fingerprint density at radius 1 is 1.17 bits per heavy atom. The highest BCUT2D eigenvalue weighted by atomic mass is 32.2. The molecule has 2 aromatic rings. The molecule has 13 nitrogen and oxygen atoms in total. The lowest BCUT2D eigenvalue weighted by Gasteiger charge is -2.26. The molecule has 46 heavy (non-hydrogen) atoms. The van der Waals surface area contributed by atoms with Gasteiger partial charge in [-0.2, -0.15) is 0 Å². The Kier molecular flexibility index (Phi) is 9.57. The predicted molar refractivity (Wildman–Crippen MR) is 169 cm³/mol. The van der Waals surface area contributed by atoms with Crippen molar-refractivity contribution in [2.24, 2.45) is 11.8 Å². The highest BCUT2D eigenvalue weighted by molar-refractivity contribution is 7.91. The van der Waals surface area contributed by atoms with E-state index in [4.69, 9.17) is 9.47 Å². The van der Waals surface area contributed by atoms with Crippen molar-refractivity contribution >= 4 is 44.4 Å². The third-order valence-corrected chi connectivity index (χ3v) is 10.9. The highest BCUT2D eigenvalue weighted by Gasteiger charge is 2.62. The lowest BCUT2D eigenvalue weighted by molar-refractivity contribution is -0.140. The average Bonchev–Trinajstić information content (AvgIpc) is 3.97. The number of pyridine rings is 1. The summed E-state index contributed by atoms with van der Waals surface area (Å²) in [7, 11) is -2.29. The number of nitrogens with zero attached hydrogens (tertiary/aromatic N) is 2. The van der Waals surface area contributed by atoms with Crippen LogP contribution in [-0.2, 0) is 29.2 Å². The second-order valence-corrected chi connectivity index (χ2v) is 14.1. The van der Waals surface area contributed by atoms with Crippen molar-refractivity contribution in [2.75, 3.05) is 20.2 Å². The summed E-state index contributed by atoms with van der Waals surface area (Å²) in [6, 6.07) is 6.18.